The van der Waals surface area contributed by atoms with Crippen LogP contribution in [0.1, 0.15) is 41.1 Å². The number of aryl methyl sites for hydroxylation is 1. The van der Waals surface area contributed by atoms with Crippen molar-refractivity contribution >= 4 is 56.6 Å². The van der Waals surface area contributed by atoms with Crippen molar-refractivity contribution in [3.05, 3.63) is 40.3 Å². The van der Waals surface area contributed by atoms with Crippen LogP contribution in [-0.4, -0.2) is 27.0 Å². The highest BCUT2D eigenvalue weighted by molar-refractivity contribution is 8.00. The maximum Gasteiger partial charge on any atom is 0.248 e. The molecule has 2 amide bonds. The van der Waals surface area contributed by atoms with E-state index in [0.29, 0.717) is 28.1 Å². The molecule has 0 radical (unpaired) electrons. The zero-order valence-electron chi connectivity index (χ0n) is 16.8. The molecule has 9 heteroatoms. The first-order valence-corrected chi connectivity index (χ1v) is 11.5. The third-order valence-corrected chi connectivity index (χ3v) is 7.36. The predicted octanol–water partition coefficient (Wildman–Crippen LogP) is 3.62. The van der Waals surface area contributed by atoms with Gasteiger partial charge in [0.05, 0.1) is 10.6 Å². The summed E-state index contributed by atoms with van der Waals surface area (Å²) in [6.45, 7) is 4.06. The summed E-state index contributed by atoms with van der Waals surface area (Å²) in [5, 5.41) is 3.89. The second-order valence-corrected chi connectivity index (χ2v) is 10.0. The molecule has 1 aliphatic rings. The number of carbonyl (C=O) groups is 2. The number of anilines is 2. The number of primary amides is 1. The minimum atomic E-state index is -0.508. The monoisotopic (exact) mass is 441 g/mol. The van der Waals surface area contributed by atoms with Gasteiger partial charge in [-0.2, -0.15) is 0 Å². The van der Waals surface area contributed by atoms with E-state index in [2.05, 4.69) is 22.2 Å². The van der Waals surface area contributed by atoms with Crippen LogP contribution >= 0.6 is 23.1 Å². The number of thiophene rings is 1. The van der Waals surface area contributed by atoms with Gasteiger partial charge in [0.2, 0.25) is 11.8 Å². The van der Waals surface area contributed by atoms with E-state index < -0.39 is 11.2 Å². The molecule has 2 unspecified atom stereocenters. The molecule has 3 aromatic rings. The fraction of sp³-hybridized carbons (Fsp3) is 0.333. The van der Waals surface area contributed by atoms with Crippen molar-refractivity contribution in [1.29, 1.82) is 0 Å². The van der Waals surface area contributed by atoms with Crippen LogP contribution in [0.25, 0.3) is 10.2 Å². The fourth-order valence-corrected chi connectivity index (χ4v) is 5.80. The van der Waals surface area contributed by atoms with Gasteiger partial charge in [0, 0.05) is 16.1 Å². The molecule has 0 saturated carbocycles. The largest absolute Gasteiger partial charge is 0.383 e. The van der Waals surface area contributed by atoms with E-state index in [1.165, 1.54) is 22.2 Å². The van der Waals surface area contributed by atoms with Crippen LogP contribution in [0.2, 0.25) is 0 Å². The Hall–Kier alpha value is -2.65. The van der Waals surface area contributed by atoms with Crippen LogP contribution in [0.3, 0.4) is 0 Å². The Kier molecular flexibility index (Phi) is 5.66. The predicted molar refractivity (Wildman–Crippen MR) is 122 cm³/mol. The minimum absolute atomic E-state index is 0.187. The van der Waals surface area contributed by atoms with Crippen LogP contribution < -0.4 is 16.8 Å². The van der Waals surface area contributed by atoms with Crippen molar-refractivity contribution in [1.82, 2.24) is 9.97 Å². The Morgan fingerprint density at radius 3 is 2.70 bits per heavy atom. The van der Waals surface area contributed by atoms with E-state index >= 15 is 0 Å². The second kappa shape index (κ2) is 8.23. The lowest BCUT2D eigenvalue weighted by Crippen LogP contribution is -2.22. The van der Waals surface area contributed by atoms with Gasteiger partial charge in [-0.25, -0.2) is 9.97 Å². The van der Waals surface area contributed by atoms with E-state index in [4.69, 9.17) is 11.5 Å². The summed E-state index contributed by atoms with van der Waals surface area (Å²) >= 11 is 2.96. The number of nitrogens with one attached hydrogen (secondary N) is 1. The van der Waals surface area contributed by atoms with Crippen LogP contribution in [0, 0.1) is 5.92 Å². The maximum absolute atomic E-state index is 12.6. The molecule has 5 N–H and O–H groups in total. The molecule has 0 fully saturated rings. The van der Waals surface area contributed by atoms with Gasteiger partial charge in [0.15, 0.2) is 5.16 Å². The molecule has 4 rings (SSSR count). The zero-order chi connectivity index (χ0) is 21.4. The molecule has 0 saturated heterocycles. The molecule has 0 aliphatic heterocycles. The number of nitrogens with zero attached hydrogens (tertiary/aromatic N) is 2. The Labute approximate surface area is 182 Å². The lowest BCUT2D eigenvalue weighted by atomic mass is 9.89. The standard InChI is InChI=1S/C21H23N5O2S2/c1-10-3-8-14-15(9-10)30-20-16(14)17(22)25-21(26-20)29-11(2)19(28)24-13-6-4-12(5-7-13)18(23)27/h4-7,10-11H,3,8-9H2,1-2H3,(H2,23,27)(H,24,28)(H2,22,25,26). The van der Waals surface area contributed by atoms with Crippen LogP contribution in [0.4, 0.5) is 11.5 Å². The molecule has 0 spiro atoms. The van der Waals surface area contributed by atoms with E-state index in [0.717, 1.165) is 29.5 Å². The Balaban J connectivity index is 1.49. The molecule has 1 aromatic carbocycles. The van der Waals surface area contributed by atoms with Gasteiger partial charge in [-0.15, -0.1) is 11.3 Å². The number of nitrogen functional groups attached to an aromatic ring is 1. The number of benzene rings is 1. The van der Waals surface area contributed by atoms with Crippen molar-refractivity contribution < 1.29 is 9.59 Å². The summed E-state index contributed by atoms with van der Waals surface area (Å²) in [5.74, 6) is 0.471. The van der Waals surface area contributed by atoms with Crippen LogP contribution in [0.5, 0.6) is 0 Å². The summed E-state index contributed by atoms with van der Waals surface area (Å²) in [6, 6.07) is 6.44. The molecule has 2 heterocycles. The summed E-state index contributed by atoms with van der Waals surface area (Å²) in [4.78, 5) is 35.1. The number of fused-ring (bicyclic) bond motifs is 3. The fourth-order valence-electron chi connectivity index (χ4n) is 3.58. The smallest absolute Gasteiger partial charge is 0.248 e. The number of aromatic nitrogens is 2. The average Bonchev–Trinajstić information content (AvgIpc) is 3.05. The summed E-state index contributed by atoms with van der Waals surface area (Å²) in [5.41, 5.74) is 13.8. The topological polar surface area (TPSA) is 124 Å². The van der Waals surface area contributed by atoms with Crippen molar-refractivity contribution in [2.45, 2.75) is 43.5 Å². The van der Waals surface area contributed by atoms with Crippen LogP contribution in [0.15, 0.2) is 29.4 Å². The lowest BCUT2D eigenvalue weighted by Gasteiger charge is -2.17. The van der Waals surface area contributed by atoms with Crippen LogP contribution in [-0.2, 0) is 17.6 Å². The number of hydrogen-bond acceptors (Lipinski definition) is 7. The minimum Gasteiger partial charge on any atom is -0.383 e. The highest BCUT2D eigenvalue weighted by atomic mass is 32.2. The first-order valence-electron chi connectivity index (χ1n) is 9.77. The molecule has 2 aromatic heterocycles. The first kappa shape index (κ1) is 20.6. The second-order valence-electron chi connectivity index (χ2n) is 7.61. The van der Waals surface area contributed by atoms with Crippen molar-refractivity contribution in [3.63, 3.8) is 0 Å². The molecule has 0 bridgehead atoms. The molecule has 2 atom stereocenters. The van der Waals surface area contributed by atoms with Gasteiger partial charge in [0.25, 0.3) is 0 Å². The average molecular weight is 442 g/mol. The summed E-state index contributed by atoms with van der Waals surface area (Å²) < 4.78 is 0. The van der Waals surface area contributed by atoms with Gasteiger partial charge < -0.3 is 16.8 Å². The first-order chi connectivity index (χ1) is 14.3. The van der Waals surface area contributed by atoms with Gasteiger partial charge in [-0.3, -0.25) is 9.59 Å². The van der Waals surface area contributed by atoms with E-state index in [9.17, 15) is 9.59 Å². The Morgan fingerprint density at radius 1 is 1.27 bits per heavy atom. The number of amides is 2. The van der Waals surface area contributed by atoms with Gasteiger partial charge >= 0.3 is 0 Å². The lowest BCUT2D eigenvalue weighted by molar-refractivity contribution is -0.115. The highest BCUT2D eigenvalue weighted by Gasteiger charge is 2.24. The molecule has 1 aliphatic carbocycles. The number of rotatable bonds is 5. The highest BCUT2D eigenvalue weighted by Crippen LogP contribution is 2.40. The number of thioether (sulfide) groups is 1. The zero-order valence-corrected chi connectivity index (χ0v) is 18.4. The number of carbonyl (C=O) groups excluding carboxylic acids is 2. The molecule has 30 heavy (non-hydrogen) atoms. The van der Waals surface area contributed by atoms with E-state index in [-0.39, 0.29) is 5.91 Å². The normalized spacial score (nSPS) is 16.8. The molecule has 156 valence electrons. The Bertz CT molecular complexity index is 1130. The molecular weight excluding hydrogens is 418 g/mol. The summed E-state index contributed by atoms with van der Waals surface area (Å²) in [6.07, 6.45) is 3.24. The molecular formula is C21H23N5O2S2. The Morgan fingerprint density at radius 2 is 2.00 bits per heavy atom. The SMILES string of the molecule is CC1CCc2c(sc3nc(SC(C)C(=O)Nc4ccc(C(N)=O)cc4)nc(N)c23)C1. The van der Waals surface area contributed by atoms with E-state index in [1.807, 2.05) is 0 Å². The number of hydrogen-bond donors (Lipinski definition) is 3. The number of nitrogens with two attached hydrogens (primary N) is 2. The van der Waals surface area contributed by atoms with Crippen molar-refractivity contribution in [2.75, 3.05) is 11.1 Å². The third-order valence-electron chi connectivity index (χ3n) is 5.25. The van der Waals surface area contributed by atoms with Crippen molar-refractivity contribution in [2.24, 2.45) is 11.7 Å². The van der Waals surface area contributed by atoms with Gasteiger partial charge in [-0.1, -0.05) is 18.7 Å². The van der Waals surface area contributed by atoms with Crippen molar-refractivity contribution in [3.8, 4) is 0 Å². The summed E-state index contributed by atoms with van der Waals surface area (Å²) in [7, 11) is 0. The van der Waals surface area contributed by atoms with Gasteiger partial charge in [-0.05, 0) is 61.9 Å². The third kappa shape index (κ3) is 4.13. The van der Waals surface area contributed by atoms with Gasteiger partial charge in [0.1, 0.15) is 10.6 Å². The van der Waals surface area contributed by atoms with E-state index in [1.54, 1.807) is 42.5 Å². The maximum atomic E-state index is 12.6. The molecule has 7 nitrogen and oxygen atoms in total. The quantitative estimate of drug-likeness (QED) is 0.410.